The zero-order valence-corrected chi connectivity index (χ0v) is 15.2. The summed E-state index contributed by atoms with van der Waals surface area (Å²) in [7, 11) is 0. The Kier molecular flexibility index (Phi) is 6.55. The Labute approximate surface area is 147 Å². The molecular weight excluding hydrogens is 320 g/mol. The minimum atomic E-state index is -0.217. The van der Waals surface area contributed by atoms with E-state index in [4.69, 9.17) is 0 Å². The lowest BCUT2D eigenvalue weighted by atomic mass is 10.00. The SMILES string of the molecule is CC(C)Cc1ccc([C@H](C)NC(=O)CNC(=O)c2cccs2)cc1. The van der Waals surface area contributed by atoms with E-state index in [-0.39, 0.29) is 24.4 Å². The molecule has 2 aromatic rings. The highest BCUT2D eigenvalue weighted by atomic mass is 32.1. The maximum Gasteiger partial charge on any atom is 0.261 e. The second-order valence-electron chi connectivity index (χ2n) is 6.29. The second kappa shape index (κ2) is 8.64. The Balaban J connectivity index is 1.81. The molecule has 2 N–H and O–H groups in total. The highest BCUT2D eigenvalue weighted by Crippen LogP contribution is 2.15. The van der Waals surface area contributed by atoms with Gasteiger partial charge in [-0.05, 0) is 41.8 Å². The van der Waals surface area contributed by atoms with Crippen LogP contribution < -0.4 is 10.6 Å². The lowest BCUT2D eigenvalue weighted by Gasteiger charge is -2.15. The summed E-state index contributed by atoms with van der Waals surface area (Å²) < 4.78 is 0. The van der Waals surface area contributed by atoms with E-state index < -0.39 is 0 Å². The number of hydrogen-bond donors (Lipinski definition) is 2. The van der Waals surface area contributed by atoms with Crippen LogP contribution in [0, 0.1) is 5.92 Å². The Morgan fingerprint density at radius 2 is 1.79 bits per heavy atom. The summed E-state index contributed by atoms with van der Waals surface area (Å²) in [5.74, 6) is 0.212. The van der Waals surface area contributed by atoms with Crippen LogP contribution in [0.4, 0.5) is 0 Å². The molecule has 0 saturated carbocycles. The van der Waals surface area contributed by atoms with Gasteiger partial charge in [0, 0.05) is 0 Å². The van der Waals surface area contributed by atoms with E-state index in [1.807, 2.05) is 30.5 Å². The first-order valence-corrected chi connectivity index (χ1v) is 9.03. The lowest BCUT2D eigenvalue weighted by molar-refractivity contribution is -0.120. The molecule has 4 nitrogen and oxygen atoms in total. The van der Waals surface area contributed by atoms with Crippen molar-refractivity contribution < 1.29 is 9.59 Å². The molecule has 128 valence electrons. The van der Waals surface area contributed by atoms with Gasteiger partial charge in [0.1, 0.15) is 0 Å². The minimum Gasteiger partial charge on any atom is -0.348 e. The standard InChI is InChI=1S/C19H24N2O2S/c1-13(2)11-15-6-8-16(9-7-15)14(3)21-18(22)12-20-19(23)17-5-4-10-24-17/h4-10,13-14H,11-12H2,1-3H3,(H,20,23)(H,21,22)/t14-/m0/s1. The normalized spacial score (nSPS) is 12.0. The molecule has 1 atom stereocenters. The summed E-state index contributed by atoms with van der Waals surface area (Å²) in [6.07, 6.45) is 1.05. The molecular formula is C19H24N2O2S. The highest BCUT2D eigenvalue weighted by Gasteiger charge is 2.12. The molecule has 0 fully saturated rings. The highest BCUT2D eigenvalue weighted by molar-refractivity contribution is 7.12. The summed E-state index contributed by atoms with van der Waals surface area (Å²) in [4.78, 5) is 24.4. The van der Waals surface area contributed by atoms with Gasteiger partial charge in [0.25, 0.3) is 5.91 Å². The van der Waals surface area contributed by atoms with Crippen LogP contribution in [0.25, 0.3) is 0 Å². The van der Waals surface area contributed by atoms with E-state index in [0.717, 1.165) is 12.0 Å². The fourth-order valence-electron chi connectivity index (χ4n) is 2.45. The largest absolute Gasteiger partial charge is 0.348 e. The van der Waals surface area contributed by atoms with Crippen molar-refractivity contribution >= 4 is 23.2 Å². The maximum absolute atomic E-state index is 12.0. The molecule has 1 aromatic carbocycles. The number of nitrogens with one attached hydrogen (secondary N) is 2. The van der Waals surface area contributed by atoms with Crippen LogP contribution in [-0.2, 0) is 11.2 Å². The summed E-state index contributed by atoms with van der Waals surface area (Å²) in [6, 6.07) is 11.8. The van der Waals surface area contributed by atoms with Crippen molar-refractivity contribution in [2.24, 2.45) is 5.92 Å². The second-order valence-corrected chi connectivity index (χ2v) is 7.24. The molecule has 0 aliphatic carbocycles. The fraction of sp³-hybridized carbons (Fsp3) is 0.368. The van der Waals surface area contributed by atoms with Crippen molar-refractivity contribution in [3.63, 3.8) is 0 Å². The minimum absolute atomic E-state index is 0.0213. The third-order valence-electron chi connectivity index (χ3n) is 3.66. The zero-order valence-electron chi connectivity index (χ0n) is 14.3. The molecule has 0 aliphatic rings. The molecule has 0 saturated heterocycles. The van der Waals surface area contributed by atoms with Crippen molar-refractivity contribution in [3.8, 4) is 0 Å². The van der Waals surface area contributed by atoms with Gasteiger partial charge in [0.2, 0.25) is 5.91 Å². The first-order valence-electron chi connectivity index (χ1n) is 8.15. The van der Waals surface area contributed by atoms with Crippen LogP contribution in [-0.4, -0.2) is 18.4 Å². The predicted molar refractivity (Wildman–Crippen MR) is 98.2 cm³/mol. The van der Waals surface area contributed by atoms with Crippen LogP contribution in [0.2, 0.25) is 0 Å². The molecule has 0 aliphatic heterocycles. The van der Waals surface area contributed by atoms with Gasteiger partial charge in [-0.2, -0.15) is 0 Å². The topological polar surface area (TPSA) is 58.2 Å². The van der Waals surface area contributed by atoms with E-state index in [9.17, 15) is 9.59 Å². The van der Waals surface area contributed by atoms with Gasteiger partial charge in [-0.3, -0.25) is 9.59 Å². The van der Waals surface area contributed by atoms with Crippen molar-refractivity contribution in [1.82, 2.24) is 10.6 Å². The Hall–Kier alpha value is -2.14. The van der Waals surface area contributed by atoms with E-state index in [1.54, 1.807) is 6.07 Å². The smallest absolute Gasteiger partial charge is 0.261 e. The number of carbonyl (C=O) groups excluding carboxylic acids is 2. The van der Waals surface area contributed by atoms with Gasteiger partial charge in [-0.1, -0.05) is 44.2 Å². The summed E-state index contributed by atoms with van der Waals surface area (Å²) in [5.41, 5.74) is 2.36. The molecule has 1 aromatic heterocycles. The quantitative estimate of drug-likeness (QED) is 0.807. The zero-order chi connectivity index (χ0) is 17.5. The van der Waals surface area contributed by atoms with Gasteiger partial charge < -0.3 is 10.6 Å². The average molecular weight is 344 g/mol. The molecule has 0 radical (unpaired) electrons. The third-order valence-corrected chi connectivity index (χ3v) is 4.52. The molecule has 2 amide bonds. The molecule has 5 heteroatoms. The van der Waals surface area contributed by atoms with Crippen molar-refractivity contribution in [2.45, 2.75) is 33.2 Å². The third kappa shape index (κ3) is 5.49. The maximum atomic E-state index is 12.0. The molecule has 24 heavy (non-hydrogen) atoms. The number of thiophene rings is 1. The number of rotatable bonds is 7. The Bertz CT molecular complexity index is 663. The number of benzene rings is 1. The van der Waals surface area contributed by atoms with Gasteiger partial charge in [0.15, 0.2) is 0 Å². The Morgan fingerprint density at radius 3 is 2.38 bits per heavy atom. The van der Waals surface area contributed by atoms with E-state index in [0.29, 0.717) is 10.8 Å². The Morgan fingerprint density at radius 1 is 1.08 bits per heavy atom. The first kappa shape index (κ1) is 18.2. The molecule has 1 heterocycles. The van der Waals surface area contributed by atoms with Gasteiger partial charge in [0.05, 0.1) is 17.5 Å². The van der Waals surface area contributed by atoms with E-state index in [1.165, 1.54) is 16.9 Å². The molecule has 0 unspecified atom stereocenters. The summed E-state index contributed by atoms with van der Waals surface area (Å²) in [6.45, 7) is 6.31. The molecule has 0 bridgehead atoms. The summed E-state index contributed by atoms with van der Waals surface area (Å²) in [5, 5.41) is 7.37. The average Bonchev–Trinajstić information content (AvgIpc) is 3.07. The van der Waals surface area contributed by atoms with E-state index in [2.05, 4.69) is 36.6 Å². The number of carbonyl (C=O) groups is 2. The van der Waals surface area contributed by atoms with Gasteiger partial charge in [-0.25, -0.2) is 0 Å². The molecule has 0 spiro atoms. The monoisotopic (exact) mass is 344 g/mol. The van der Waals surface area contributed by atoms with Crippen LogP contribution in [0.3, 0.4) is 0 Å². The van der Waals surface area contributed by atoms with Crippen molar-refractivity contribution in [3.05, 3.63) is 57.8 Å². The van der Waals surface area contributed by atoms with Crippen LogP contribution in [0.1, 0.15) is 47.6 Å². The number of hydrogen-bond acceptors (Lipinski definition) is 3. The fourth-order valence-corrected chi connectivity index (χ4v) is 3.09. The lowest BCUT2D eigenvalue weighted by Crippen LogP contribution is -2.37. The van der Waals surface area contributed by atoms with Gasteiger partial charge >= 0.3 is 0 Å². The van der Waals surface area contributed by atoms with Crippen LogP contribution in [0.5, 0.6) is 0 Å². The molecule has 2 rings (SSSR count). The van der Waals surface area contributed by atoms with Crippen LogP contribution in [0.15, 0.2) is 41.8 Å². The van der Waals surface area contributed by atoms with Crippen molar-refractivity contribution in [2.75, 3.05) is 6.54 Å². The first-order chi connectivity index (χ1) is 11.5. The predicted octanol–water partition coefficient (Wildman–Crippen LogP) is 3.55. The van der Waals surface area contributed by atoms with Crippen molar-refractivity contribution in [1.29, 1.82) is 0 Å². The summed E-state index contributed by atoms with van der Waals surface area (Å²) >= 11 is 1.36. The number of amides is 2. The van der Waals surface area contributed by atoms with Crippen LogP contribution >= 0.6 is 11.3 Å². The van der Waals surface area contributed by atoms with E-state index >= 15 is 0 Å². The van der Waals surface area contributed by atoms with Gasteiger partial charge in [-0.15, -0.1) is 11.3 Å².